The van der Waals surface area contributed by atoms with E-state index in [1.54, 1.807) is 16.6 Å². The lowest BCUT2D eigenvalue weighted by atomic mass is 9.93. The summed E-state index contributed by atoms with van der Waals surface area (Å²) in [6.45, 7) is 9.80. The van der Waals surface area contributed by atoms with E-state index < -0.39 is 5.60 Å². The van der Waals surface area contributed by atoms with E-state index in [0.717, 1.165) is 18.5 Å². The molecule has 0 aromatic carbocycles. The van der Waals surface area contributed by atoms with Crippen molar-refractivity contribution in [3.8, 4) is 0 Å². The summed E-state index contributed by atoms with van der Waals surface area (Å²) in [6, 6.07) is 1.69. The Hall–Kier alpha value is -2.05. The first-order valence-electron chi connectivity index (χ1n) is 8.38. The van der Waals surface area contributed by atoms with E-state index in [4.69, 9.17) is 4.74 Å². The maximum absolute atomic E-state index is 12.6. The molecule has 1 saturated heterocycles. The molecule has 2 rings (SSSR count). The minimum Gasteiger partial charge on any atom is -0.460 e. The maximum atomic E-state index is 12.6. The molecule has 1 aliphatic rings. The summed E-state index contributed by atoms with van der Waals surface area (Å²) in [4.78, 5) is 26.6. The lowest BCUT2D eigenvalue weighted by Gasteiger charge is -2.37. The molecule has 1 aliphatic heterocycles. The summed E-state index contributed by atoms with van der Waals surface area (Å²) < 4.78 is 7.10. The normalized spacial score (nSPS) is 21.5. The second-order valence-corrected chi connectivity index (χ2v) is 7.53. The number of nitrogens with zero attached hydrogens (tertiary/aromatic N) is 3. The first-order valence-corrected chi connectivity index (χ1v) is 8.38. The van der Waals surface area contributed by atoms with Gasteiger partial charge in [0.15, 0.2) is 0 Å². The van der Waals surface area contributed by atoms with E-state index >= 15 is 0 Å². The van der Waals surface area contributed by atoms with Crippen LogP contribution in [0.25, 0.3) is 0 Å². The largest absolute Gasteiger partial charge is 0.460 e. The predicted molar refractivity (Wildman–Crippen MR) is 91.7 cm³/mol. The number of nitrogens with one attached hydrogen (secondary N) is 1. The number of esters is 1. The first kappa shape index (κ1) is 18.3. The molecule has 0 saturated carbocycles. The van der Waals surface area contributed by atoms with Gasteiger partial charge in [0.05, 0.1) is 11.6 Å². The second kappa shape index (κ2) is 6.83. The highest BCUT2D eigenvalue weighted by Crippen LogP contribution is 2.25. The number of rotatable bonds is 2. The van der Waals surface area contributed by atoms with Crippen molar-refractivity contribution < 1.29 is 14.3 Å². The van der Waals surface area contributed by atoms with Crippen LogP contribution in [0.2, 0.25) is 0 Å². The van der Waals surface area contributed by atoms with Crippen molar-refractivity contribution in [1.82, 2.24) is 14.7 Å². The van der Waals surface area contributed by atoms with Gasteiger partial charge in [0, 0.05) is 25.7 Å². The molecule has 1 aromatic rings. The molecule has 0 bridgehead atoms. The highest BCUT2D eigenvalue weighted by atomic mass is 16.6. The zero-order chi connectivity index (χ0) is 18.1. The predicted octanol–water partition coefficient (Wildman–Crippen LogP) is 2.70. The lowest BCUT2D eigenvalue weighted by molar-refractivity contribution is -0.161. The summed E-state index contributed by atoms with van der Waals surface area (Å²) in [6.07, 6.45) is 1.52. The fourth-order valence-corrected chi connectivity index (χ4v) is 2.88. The quantitative estimate of drug-likeness (QED) is 0.843. The Morgan fingerprint density at radius 1 is 1.33 bits per heavy atom. The van der Waals surface area contributed by atoms with Crippen LogP contribution in [-0.2, 0) is 16.6 Å². The number of anilines is 1. The number of urea groups is 1. The molecule has 2 heterocycles. The van der Waals surface area contributed by atoms with Crippen LogP contribution in [0.4, 0.5) is 10.6 Å². The van der Waals surface area contributed by atoms with Crippen molar-refractivity contribution >= 4 is 17.8 Å². The van der Waals surface area contributed by atoms with E-state index in [1.165, 1.54) is 0 Å². The number of amides is 2. The monoisotopic (exact) mass is 336 g/mol. The van der Waals surface area contributed by atoms with Gasteiger partial charge in [-0.25, -0.2) is 4.79 Å². The summed E-state index contributed by atoms with van der Waals surface area (Å²) in [5.41, 5.74) is 0.325. The van der Waals surface area contributed by atoms with Gasteiger partial charge in [0.25, 0.3) is 0 Å². The minimum atomic E-state index is -0.514. The number of likely N-dealkylation sites (tertiary alicyclic amines) is 1. The Morgan fingerprint density at radius 2 is 2.00 bits per heavy atom. The van der Waals surface area contributed by atoms with Gasteiger partial charge in [-0.2, -0.15) is 5.10 Å². The molecule has 0 aliphatic carbocycles. The minimum absolute atomic E-state index is 0.0815. The van der Waals surface area contributed by atoms with Crippen molar-refractivity contribution in [3.63, 3.8) is 0 Å². The number of aromatic nitrogens is 2. The number of carbonyl (C=O) groups excluding carboxylic acids is 2. The molecule has 24 heavy (non-hydrogen) atoms. The van der Waals surface area contributed by atoms with Crippen LogP contribution in [0, 0.1) is 12.8 Å². The molecule has 7 nitrogen and oxygen atoms in total. The molecule has 0 radical (unpaired) electrons. The highest BCUT2D eigenvalue weighted by molar-refractivity contribution is 5.89. The number of ether oxygens (including phenoxy) is 1. The van der Waals surface area contributed by atoms with Crippen molar-refractivity contribution in [2.45, 2.75) is 59.1 Å². The maximum Gasteiger partial charge on any atom is 0.323 e. The van der Waals surface area contributed by atoms with Crippen LogP contribution in [-0.4, -0.2) is 44.9 Å². The van der Waals surface area contributed by atoms with Gasteiger partial charge >= 0.3 is 12.0 Å². The van der Waals surface area contributed by atoms with Crippen molar-refractivity contribution in [2.75, 3.05) is 11.9 Å². The Morgan fingerprint density at radius 3 is 2.54 bits per heavy atom. The first-order chi connectivity index (χ1) is 11.1. The van der Waals surface area contributed by atoms with Crippen LogP contribution >= 0.6 is 0 Å². The summed E-state index contributed by atoms with van der Waals surface area (Å²) in [7, 11) is 1.78. The molecule has 7 heteroatoms. The van der Waals surface area contributed by atoms with E-state index in [-0.39, 0.29) is 24.0 Å². The third kappa shape index (κ3) is 4.49. The zero-order valence-electron chi connectivity index (χ0n) is 15.4. The van der Waals surface area contributed by atoms with E-state index in [1.807, 2.05) is 40.7 Å². The van der Waals surface area contributed by atoms with Crippen molar-refractivity contribution in [2.24, 2.45) is 13.0 Å². The van der Waals surface area contributed by atoms with Crippen LogP contribution in [0.15, 0.2) is 6.07 Å². The van der Waals surface area contributed by atoms with E-state index in [0.29, 0.717) is 12.4 Å². The molecule has 134 valence electrons. The fraction of sp³-hybridized carbons (Fsp3) is 0.706. The molecule has 1 aromatic heterocycles. The summed E-state index contributed by atoms with van der Waals surface area (Å²) in [5.74, 6) is 0.132. The van der Waals surface area contributed by atoms with E-state index in [9.17, 15) is 9.59 Å². The van der Waals surface area contributed by atoms with Gasteiger partial charge in [-0.15, -0.1) is 0 Å². The molecule has 2 amide bonds. The highest BCUT2D eigenvalue weighted by Gasteiger charge is 2.35. The standard InChI is InChI=1S/C17H28N4O3/c1-11-9-14(20(6)19-11)18-16(23)21-10-13(8-7-12(21)2)15(22)24-17(3,4)5/h9,12-13H,7-8,10H2,1-6H3,(H,18,23)/t12-,13+/m0/s1. The lowest BCUT2D eigenvalue weighted by Crippen LogP contribution is -2.50. The topological polar surface area (TPSA) is 76.5 Å². The molecule has 0 unspecified atom stereocenters. The Bertz CT molecular complexity index is 618. The van der Waals surface area contributed by atoms with Crippen LogP contribution < -0.4 is 5.32 Å². The summed E-state index contributed by atoms with van der Waals surface area (Å²) >= 11 is 0. The SMILES string of the molecule is Cc1cc(NC(=O)N2C[C@H](C(=O)OC(C)(C)C)CC[C@@H]2C)n(C)n1. The van der Waals surface area contributed by atoms with E-state index in [2.05, 4.69) is 10.4 Å². The van der Waals surface area contributed by atoms with Crippen LogP contribution in [0.3, 0.4) is 0 Å². The molecule has 0 spiro atoms. The Kier molecular flexibility index (Phi) is 5.20. The molecule has 1 N–H and O–H groups in total. The zero-order valence-corrected chi connectivity index (χ0v) is 15.4. The Labute approximate surface area is 143 Å². The number of carbonyl (C=O) groups is 2. The van der Waals surface area contributed by atoms with Gasteiger partial charge in [0.2, 0.25) is 0 Å². The molecular formula is C17H28N4O3. The Balaban J connectivity index is 2.03. The number of piperidine rings is 1. The average Bonchev–Trinajstić information content (AvgIpc) is 2.75. The van der Waals surface area contributed by atoms with Crippen LogP contribution in [0.5, 0.6) is 0 Å². The van der Waals surface area contributed by atoms with Gasteiger partial charge < -0.3 is 9.64 Å². The van der Waals surface area contributed by atoms with Crippen LogP contribution in [0.1, 0.15) is 46.2 Å². The van der Waals surface area contributed by atoms with Gasteiger partial charge in [0.1, 0.15) is 11.4 Å². The molecule has 2 atom stereocenters. The van der Waals surface area contributed by atoms with Gasteiger partial charge in [-0.1, -0.05) is 0 Å². The molecule has 1 fully saturated rings. The van der Waals surface area contributed by atoms with Gasteiger partial charge in [-0.05, 0) is 47.5 Å². The second-order valence-electron chi connectivity index (χ2n) is 7.53. The number of hydrogen-bond donors (Lipinski definition) is 1. The summed E-state index contributed by atoms with van der Waals surface area (Å²) in [5, 5.41) is 7.10. The van der Waals surface area contributed by atoms with Crippen molar-refractivity contribution in [3.05, 3.63) is 11.8 Å². The third-order valence-electron chi connectivity index (χ3n) is 4.12. The smallest absolute Gasteiger partial charge is 0.323 e. The fourth-order valence-electron chi connectivity index (χ4n) is 2.88. The van der Waals surface area contributed by atoms with Gasteiger partial charge in [-0.3, -0.25) is 14.8 Å². The average molecular weight is 336 g/mol. The third-order valence-corrected chi connectivity index (χ3v) is 4.12. The number of aryl methyl sites for hydroxylation is 2. The molecular weight excluding hydrogens is 308 g/mol. The van der Waals surface area contributed by atoms with Crippen molar-refractivity contribution in [1.29, 1.82) is 0 Å². The number of hydrogen-bond acceptors (Lipinski definition) is 4.